The van der Waals surface area contributed by atoms with Gasteiger partial charge in [-0.3, -0.25) is 4.79 Å². The number of nitrogens with one attached hydrogen (secondary N) is 1. The van der Waals surface area contributed by atoms with Gasteiger partial charge in [-0.25, -0.2) is 0 Å². The Labute approximate surface area is 136 Å². The molecular formula is C17H27BrN2O. The molecule has 1 unspecified atom stereocenters. The molecule has 1 rings (SSSR count). The molecule has 4 heteroatoms. The van der Waals surface area contributed by atoms with Crippen LogP contribution >= 0.6 is 15.9 Å². The van der Waals surface area contributed by atoms with E-state index in [0.29, 0.717) is 18.9 Å². The van der Waals surface area contributed by atoms with Crippen LogP contribution in [0, 0.1) is 11.8 Å². The molecule has 0 heterocycles. The van der Waals surface area contributed by atoms with Crippen LogP contribution in [0.1, 0.15) is 39.2 Å². The van der Waals surface area contributed by atoms with Gasteiger partial charge < -0.3 is 11.1 Å². The Morgan fingerprint density at radius 1 is 1.24 bits per heavy atom. The molecule has 1 aromatic rings. The summed E-state index contributed by atoms with van der Waals surface area (Å²) in [5.41, 5.74) is 6.98. The number of benzene rings is 1. The van der Waals surface area contributed by atoms with Crippen LogP contribution in [0.5, 0.6) is 0 Å². The number of halogens is 1. The number of amides is 1. The van der Waals surface area contributed by atoms with E-state index in [-0.39, 0.29) is 17.9 Å². The van der Waals surface area contributed by atoms with Gasteiger partial charge in [0, 0.05) is 16.9 Å². The number of rotatable bonds is 8. The quantitative estimate of drug-likeness (QED) is 0.750. The van der Waals surface area contributed by atoms with Gasteiger partial charge in [-0.2, -0.15) is 0 Å². The second-order valence-electron chi connectivity index (χ2n) is 6.23. The van der Waals surface area contributed by atoms with Crippen molar-refractivity contribution >= 4 is 21.8 Å². The highest BCUT2D eigenvalue weighted by atomic mass is 79.9. The first-order valence-corrected chi connectivity index (χ1v) is 8.43. The maximum Gasteiger partial charge on any atom is 0.220 e. The number of carbonyl (C=O) groups excluding carboxylic acids is 1. The second-order valence-corrected chi connectivity index (χ2v) is 7.15. The molecule has 1 amide bonds. The van der Waals surface area contributed by atoms with Crippen LogP contribution in [0.2, 0.25) is 0 Å². The fourth-order valence-corrected chi connectivity index (χ4v) is 2.81. The Morgan fingerprint density at radius 3 is 2.38 bits per heavy atom. The highest BCUT2D eigenvalue weighted by Gasteiger charge is 2.15. The Kier molecular flexibility index (Phi) is 7.97. The molecule has 3 N–H and O–H groups in total. The molecule has 1 aromatic carbocycles. The van der Waals surface area contributed by atoms with Gasteiger partial charge in [0.05, 0.1) is 0 Å². The lowest BCUT2D eigenvalue weighted by Crippen LogP contribution is -2.36. The number of hydrogen-bond acceptors (Lipinski definition) is 2. The van der Waals surface area contributed by atoms with E-state index in [2.05, 4.69) is 47.2 Å². The van der Waals surface area contributed by atoms with Crippen molar-refractivity contribution in [1.82, 2.24) is 5.32 Å². The van der Waals surface area contributed by atoms with Gasteiger partial charge in [-0.05, 0) is 55.8 Å². The summed E-state index contributed by atoms with van der Waals surface area (Å²) >= 11 is 3.42. The molecule has 0 aromatic heterocycles. The number of carbonyl (C=O) groups is 1. The second kappa shape index (κ2) is 9.21. The van der Waals surface area contributed by atoms with Crippen molar-refractivity contribution in [3.05, 3.63) is 34.3 Å². The minimum atomic E-state index is 0.107. The first kappa shape index (κ1) is 18.2. The molecule has 3 nitrogen and oxygen atoms in total. The average Bonchev–Trinajstić information content (AvgIpc) is 2.39. The van der Waals surface area contributed by atoms with E-state index in [4.69, 9.17) is 5.73 Å². The van der Waals surface area contributed by atoms with Gasteiger partial charge in [-0.1, -0.05) is 41.9 Å². The Hall–Kier alpha value is -0.870. The zero-order valence-electron chi connectivity index (χ0n) is 13.2. The predicted octanol–water partition coefficient (Wildman–Crippen LogP) is 3.51. The number of nitrogens with two attached hydrogens (primary N) is 1. The van der Waals surface area contributed by atoms with Crippen molar-refractivity contribution in [1.29, 1.82) is 0 Å². The molecule has 0 radical (unpaired) electrons. The van der Waals surface area contributed by atoms with E-state index >= 15 is 0 Å². The summed E-state index contributed by atoms with van der Waals surface area (Å²) in [5.74, 6) is 0.965. The lowest BCUT2D eigenvalue weighted by Gasteiger charge is -2.19. The molecule has 0 saturated heterocycles. The van der Waals surface area contributed by atoms with Crippen molar-refractivity contribution in [2.24, 2.45) is 17.6 Å². The zero-order chi connectivity index (χ0) is 15.8. The van der Waals surface area contributed by atoms with Crippen LogP contribution in [0.3, 0.4) is 0 Å². The molecule has 0 spiro atoms. The standard InChI is InChI=1S/C17H27BrN2O/c1-12(2)8-15(11-19)10-17(21)20-13(3)9-14-4-6-16(18)7-5-14/h4-7,12-13,15H,8-11,19H2,1-3H3,(H,20,21)/t13?,15-/m0/s1. The highest BCUT2D eigenvalue weighted by Crippen LogP contribution is 2.15. The van der Waals surface area contributed by atoms with Crippen LogP contribution in [0.15, 0.2) is 28.7 Å². The van der Waals surface area contributed by atoms with E-state index in [9.17, 15) is 4.79 Å². The third-order valence-electron chi connectivity index (χ3n) is 3.47. The molecule has 0 aliphatic rings. The van der Waals surface area contributed by atoms with E-state index in [1.165, 1.54) is 5.56 Å². The van der Waals surface area contributed by atoms with Crippen molar-refractivity contribution in [3.8, 4) is 0 Å². The first-order chi connectivity index (χ1) is 9.90. The van der Waals surface area contributed by atoms with Crippen molar-refractivity contribution in [2.45, 2.75) is 46.1 Å². The van der Waals surface area contributed by atoms with Crippen molar-refractivity contribution in [3.63, 3.8) is 0 Å². The predicted molar refractivity (Wildman–Crippen MR) is 92.1 cm³/mol. The van der Waals surface area contributed by atoms with Gasteiger partial charge in [0.15, 0.2) is 0 Å². The molecule has 0 bridgehead atoms. The van der Waals surface area contributed by atoms with Gasteiger partial charge in [0.25, 0.3) is 0 Å². The molecule has 0 fully saturated rings. The van der Waals surface area contributed by atoms with Crippen LogP contribution in [-0.4, -0.2) is 18.5 Å². The molecule has 118 valence electrons. The minimum Gasteiger partial charge on any atom is -0.353 e. The summed E-state index contributed by atoms with van der Waals surface area (Å²) in [4.78, 5) is 12.1. The zero-order valence-corrected chi connectivity index (χ0v) is 14.8. The van der Waals surface area contributed by atoms with Gasteiger partial charge in [-0.15, -0.1) is 0 Å². The maximum absolute atomic E-state index is 12.1. The molecular weight excluding hydrogens is 328 g/mol. The summed E-state index contributed by atoms with van der Waals surface area (Å²) < 4.78 is 1.07. The minimum absolute atomic E-state index is 0.107. The van der Waals surface area contributed by atoms with Gasteiger partial charge in [0.1, 0.15) is 0 Å². The molecule has 0 aliphatic carbocycles. The normalized spacial score (nSPS) is 14.0. The van der Waals surface area contributed by atoms with Gasteiger partial charge in [0.2, 0.25) is 5.91 Å². The Morgan fingerprint density at radius 2 is 1.86 bits per heavy atom. The summed E-state index contributed by atoms with van der Waals surface area (Å²) in [5, 5.41) is 3.07. The number of hydrogen-bond donors (Lipinski definition) is 2. The van der Waals surface area contributed by atoms with Crippen molar-refractivity contribution in [2.75, 3.05) is 6.54 Å². The lowest BCUT2D eigenvalue weighted by atomic mass is 9.94. The lowest BCUT2D eigenvalue weighted by molar-refractivity contribution is -0.122. The SMILES string of the molecule is CC(C)C[C@H](CN)CC(=O)NC(C)Cc1ccc(Br)cc1. The van der Waals surface area contributed by atoms with E-state index < -0.39 is 0 Å². The highest BCUT2D eigenvalue weighted by molar-refractivity contribution is 9.10. The van der Waals surface area contributed by atoms with Crippen LogP contribution < -0.4 is 11.1 Å². The van der Waals surface area contributed by atoms with E-state index in [1.807, 2.05) is 19.1 Å². The molecule has 2 atom stereocenters. The topological polar surface area (TPSA) is 55.1 Å². The van der Waals surface area contributed by atoms with Crippen LogP contribution in [0.4, 0.5) is 0 Å². The van der Waals surface area contributed by atoms with Crippen LogP contribution in [0.25, 0.3) is 0 Å². The Bertz CT molecular complexity index is 431. The van der Waals surface area contributed by atoms with E-state index in [0.717, 1.165) is 17.3 Å². The largest absolute Gasteiger partial charge is 0.353 e. The Balaban J connectivity index is 2.40. The molecule has 0 saturated carbocycles. The molecule has 0 aliphatic heterocycles. The summed E-state index contributed by atoms with van der Waals surface area (Å²) in [7, 11) is 0. The smallest absolute Gasteiger partial charge is 0.220 e. The summed E-state index contributed by atoms with van der Waals surface area (Å²) in [6.45, 7) is 6.94. The first-order valence-electron chi connectivity index (χ1n) is 7.64. The summed E-state index contributed by atoms with van der Waals surface area (Å²) in [6, 6.07) is 8.34. The molecule has 21 heavy (non-hydrogen) atoms. The van der Waals surface area contributed by atoms with E-state index in [1.54, 1.807) is 0 Å². The van der Waals surface area contributed by atoms with Crippen LogP contribution in [-0.2, 0) is 11.2 Å². The maximum atomic E-state index is 12.1. The van der Waals surface area contributed by atoms with Gasteiger partial charge >= 0.3 is 0 Å². The van der Waals surface area contributed by atoms with Crippen molar-refractivity contribution < 1.29 is 4.79 Å². The monoisotopic (exact) mass is 354 g/mol. The fourth-order valence-electron chi connectivity index (χ4n) is 2.55. The third-order valence-corrected chi connectivity index (χ3v) is 4.00. The fraction of sp³-hybridized carbons (Fsp3) is 0.588. The summed E-state index contributed by atoms with van der Waals surface area (Å²) in [6.07, 6.45) is 2.38. The third kappa shape index (κ3) is 7.63. The average molecular weight is 355 g/mol.